The van der Waals surface area contributed by atoms with Crippen molar-refractivity contribution in [2.24, 2.45) is 5.92 Å². The number of hydrogen-bond acceptors (Lipinski definition) is 6. The molecule has 6 nitrogen and oxygen atoms in total. The van der Waals surface area contributed by atoms with E-state index < -0.39 is 0 Å². The largest absolute Gasteiger partial charge is 0.493 e. The van der Waals surface area contributed by atoms with E-state index in [0.29, 0.717) is 30.1 Å². The van der Waals surface area contributed by atoms with Crippen LogP contribution in [-0.4, -0.2) is 32.2 Å². The fraction of sp³-hybridized carbons (Fsp3) is 0.545. The summed E-state index contributed by atoms with van der Waals surface area (Å²) in [6, 6.07) is 3.74. The summed E-state index contributed by atoms with van der Waals surface area (Å²) in [5.74, 6) is 2.47. The Balaban J connectivity index is 1.61. The van der Waals surface area contributed by atoms with Crippen molar-refractivity contribution in [1.82, 2.24) is 4.98 Å². The number of methoxy groups -OCH3 is 3. The number of amides is 1. The van der Waals surface area contributed by atoms with E-state index in [1.807, 2.05) is 12.1 Å². The van der Waals surface area contributed by atoms with Gasteiger partial charge in [-0.3, -0.25) is 4.79 Å². The normalized spacial score (nSPS) is 15.5. The quantitative estimate of drug-likeness (QED) is 0.642. The van der Waals surface area contributed by atoms with Crippen molar-refractivity contribution >= 4 is 22.4 Å². The van der Waals surface area contributed by atoms with E-state index in [4.69, 9.17) is 14.2 Å². The van der Waals surface area contributed by atoms with E-state index in [0.717, 1.165) is 29.5 Å². The molecule has 1 aromatic carbocycles. The molecule has 0 radical (unpaired) electrons. The van der Waals surface area contributed by atoms with Crippen LogP contribution in [0.2, 0.25) is 0 Å². The van der Waals surface area contributed by atoms with Gasteiger partial charge in [0, 0.05) is 11.3 Å². The van der Waals surface area contributed by atoms with Crippen LogP contribution in [0.15, 0.2) is 12.1 Å². The number of carbonyl (C=O) groups is 1. The summed E-state index contributed by atoms with van der Waals surface area (Å²) >= 11 is 1.63. The summed E-state index contributed by atoms with van der Waals surface area (Å²) in [7, 11) is 4.75. The Hall–Kier alpha value is -2.28. The van der Waals surface area contributed by atoms with Crippen molar-refractivity contribution in [3.8, 4) is 17.2 Å². The number of aromatic nitrogens is 1. The minimum atomic E-state index is -0.0435. The first-order valence-electron chi connectivity index (χ1n) is 10.2. The van der Waals surface area contributed by atoms with Crippen LogP contribution in [0.1, 0.15) is 48.7 Å². The van der Waals surface area contributed by atoms with Crippen molar-refractivity contribution in [3.05, 3.63) is 28.3 Å². The number of benzene rings is 1. The van der Waals surface area contributed by atoms with Crippen molar-refractivity contribution in [1.29, 1.82) is 0 Å². The number of rotatable bonds is 9. The molecule has 0 bridgehead atoms. The van der Waals surface area contributed by atoms with Crippen LogP contribution in [-0.2, 0) is 24.1 Å². The molecule has 0 fully saturated rings. The molecule has 0 saturated carbocycles. The Morgan fingerprint density at radius 2 is 2.00 bits per heavy atom. The molecule has 0 spiro atoms. The molecule has 29 heavy (non-hydrogen) atoms. The molecule has 1 aliphatic rings. The minimum absolute atomic E-state index is 0.0435. The number of anilines is 1. The summed E-state index contributed by atoms with van der Waals surface area (Å²) < 4.78 is 16.2. The lowest BCUT2D eigenvalue weighted by Gasteiger charge is -2.19. The maximum absolute atomic E-state index is 12.5. The monoisotopic (exact) mass is 418 g/mol. The van der Waals surface area contributed by atoms with Gasteiger partial charge in [0.25, 0.3) is 0 Å². The average Bonchev–Trinajstić information content (AvgIpc) is 3.12. The van der Waals surface area contributed by atoms with Gasteiger partial charge in [0.2, 0.25) is 11.7 Å². The second-order valence-electron chi connectivity index (χ2n) is 7.33. The van der Waals surface area contributed by atoms with E-state index in [2.05, 4.69) is 17.2 Å². The Labute approximate surface area is 176 Å². The van der Waals surface area contributed by atoms with Crippen LogP contribution < -0.4 is 19.5 Å². The molecule has 1 atom stereocenters. The highest BCUT2D eigenvalue weighted by Crippen LogP contribution is 2.40. The van der Waals surface area contributed by atoms with E-state index in [1.165, 1.54) is 29.8 Å². The highest BCUT2D eigenvalue weighted by atomic mass is 32.1. The second kappa shape index (κ2) is 9.96. The van der Waals surface area contributed by atoms with Crippen LogP contribution >= 0.6 is 11.3 Å². The summed E-state index contributed by atoms with van der Waals surface area (Å²) in [5, 5.41) is 3.70. The highest BCUT2D eigenvalue weighted by Gasteiger charge is 2.23. The van der Waals surface area contributed by atoms with E-state index in [-0.39, 0.29) is 5.91 Å². The molecule has 0 aliphatic heterocycles. The SMILES string of the molecule is CCCC1CCc2nc(NC(=O)CCc3ccc(OC)c(OC)c3OC)sc2C1. The zero-order valence-electron chi connectivity index (χ0n) is 17.7. The number of thiazole rings is 1. The molecule has 2 aromatic rings. The number of nitrogens with zero attached hydrogens (tertiary/aromatic N) is 1. The summed E-state index contributed by atoms with van der Waals surface area (Å²) in [6.45, 7) is 2.24. The standard InChI is InChI=1S/C22H30N2O4S/c1-5-6-14-7-10-16-18(13-14)29-22(23-16)24-19(25)12-9-15-8-11-17(26-2)21(28-4)20(15)27-3/h8,11,14H,5-7,9-10,12-13H2,1-4H3,(H,23,24,25). The van der Waals surface area contributed by atoms with Gasteiger partial charge < -0.3 is 19.5 Å². The van der Waals surface area contributed by atoms with Crippen molar-refractivity contribution < 1.29 is 19.0 Å². The highest BCUT2D eigenvalue weighted by molar-refractivity contribution is 7.15. The maximum atomic E-state index is 12.5. The van der Waals surface area contributed by atoms with Crippen LogP contribution in [0.4, 0.5) is 5.13 Å². The molecule has 1 aliphatic carbocycles. The summed E-state index contributed by atoms with van der Waals surface area (Å²) in [6.07, 6.45) is 6.70. The predicted octanol–water partition coefficient (Wildman–Crippen LogP) is 4.65. The van der Waals surface area contributed by atoms with Gasteiger partial charge in [-0.25, -0.2) is 4.98 Å². The zero-order valence-corrected chi connectivity index (χ0v) is 18.5. The second-order valence-corrected chi connectivity index (χ2v) is 8.41. The number of ether oxygens (including phenoxy) is 3. The van der Waals surface area contributed by atoms with Gasteiger partial charge in [0.05, 0.1) is 27.0 Å². The van der Waals surface area contributed by atoms with E-state index >= 15 is 0 Å². The molecular weight excluding hydrogens is 388 g/mol. The fourth-order valence-corrected chi connectivity index (χ4v) is 5.08. The third kappa shape index (κ3) is 5.01. The first kappa shape index (κ1) is 21.4. The summed E-state index contributed by atoms with van der Waals surface area (Å²) in [5.41, 5.74) is 2.07. The number of hydrogen-bond donors (Lipinski definition) is 1. The van der Waals surface area contributed by atoms with Crippen molar-refractivity contribution in [2.45, 2.75) is 51.9 Å². The van der Waals surface area contributed by atoms with Gasteiger partial charge in [-0.05, 0) is 43.2 Å². The number of fused-ring (bicyclic) bond motifs is 1. The fourth-order valence-electron chi connectivity index (χ4n) is 3.94. The Morgan fingerprint density at radius 1 is 1.21 bits per heavy atom. The number of carbonyl (C=O) groups excluding carboxylic acids is 1. The number of aryl methyl sites for hydroxylation is 2. The van der Waals surface area contributed by atoms with E-state index in [1.54, 1.807) is 32.7 Å². The van der Waals surface area contributed by atoms with Crippen LogP contribution in [0.5, 0.6) is 17.2 Å². The molecular formula is C22H30N2O4S. The average molecular weight is 419 g/mol. The molecule has 1 heterocycles. The van der Waals surface area contributed by atoms with Crippen LogP contribution in [0.25, 0.3) is 0 Å². The van der Waals surface area contributed by atoms with Gasteiger partial charge in [-0.15, -0.1) is 11.3 Å². The predicted molar refractivity (Wildman–Crippen MR) is 116 cm³/mol. The molecule has 1 unspecified atom stereocenters. The van der Waals surface area contributed by atoms with Gasteiger partial charge in [-0.2, -0.15) is 0 Å². The Morgan fingerprint density at radius 3 is 2.69 bits per heavy atom. The maximum Gasteiger partial charge on any atom is 0.226 e. The first-order chi connectivity index (χ1) is 14.1. The first-order valence-corrected chi connectivity index (χ1v) is 11.0. The lowest BCUT2D eigenvalue weighted by Crippen LogP contribution is -2.13. The third-order valence-corrected chi connectivity index (χ3v) is 6.43. The van der Waals surface area contributed by atoms with E-state index in [9.17, 15) is 4.79 Å². The van der Waals surface area contributed by atoms with Crippen LogP contribution in [0.3, 0.4) is 0 Å². The number of nitrogens with one attached hydrogen (secondary N) is 1. The molecule has 0 saturated heterocycles. The lowest BCUT2D eigenvalue weighted by atomic mass is 9.88. The van der Waals surface area contributed by atoms with Gasteiger partial charge in [0.1, 0.15) is 0 Å². The van der Waals surface area contributed by atoms with Crippen molar-refractivity contribution in [3.63, 3.8) is 0 Å². The molecule has 1 aromatic heterocycles. The summed E-state index contributed by atoms with van der Waals surface area (Å²) in [4.78, 5) is 18.5. The molecule has 158 valence electrons. The minimum Gasteiger partial charge on any atom is -0.493 e. The molecule has 7 heteroatoms. The third-order valence-electron chi connectivity index (χ3n) is 5.39. The Kier molecular flexibility index (Phi) is 7.36. The van der Waals surface area contributed by atoms with Gasteiger partial charge in [0.15, 0.2) is 16.6 Å². The van der Waals surface area contributed by atoms with Crippen LogP contribution in [0, 0.1) is 5.92 Å². The molecule has 1 amide bonds. The molecule has 1 N–H and O–H groups in total. The topological polar surface area (TPSA) is 69.7 Å². The van der Waals surface area contributed by atoms with Gasteiger partial charge >= 0.3 is 0 Å². The van der Waals surface area contributed by atoms with Gasteiger partial charge in [-0.1, -0.05) is 25.8 Å². The zero-order chi connectivity index (χ0) is 20.8. The Bertz CT molecular complexity index is 850. The molecule has 3 rings (SSSR count). The smallest absolute Gasteiger partial charge is 0.226 e. The lowest BCUT2D eigenvalue weighted by molar-refractivity contribution is -0.116. The van der Waals surface area contributed by atoms with Crippen molar-refractivity contribution in [2.75, 3.05) is 26.6 Å².